The molecule has 0 radical (unpaired) electrons. The van der Waals surface area contributed by atoms with Crippen molar-refractivity contribution in [3.05, 3.63) is 51.2 Å². The van der Waals surface area contributed by atoms with E-state index in [9.17, 15) is 19.1 Å². The van der Waals surface area contributed by atoms with Crippen molar-refractivity contribution >= 4 is 11.9 Å². The number of hydrogen-bond acceptors (Lipinski definition) is 8. The van der Waals surface area contributed by atoms with E-state index in [-0.39, 0.29) is 24.7 Å². The minimum absolute atomic E-state index is 0.00617. The third-order valence-corrected chi connectivity index (χ3v) is 5.58. The van der Waals surface area contributed by atoms with Crippen LogP contribution in [0.15, 0.2) is 23.0 Å². The molecule has 1 saturated heterocycles. The first-order chi connectivity index (χ1) is 15.8. The highest BCUT2D eigenvalue weighted by atomic mass is 19.1. The predicted molar refractivity (Wildman–Crippen MR) is 120 cm³/mol. The Hall–Kier alpha value is -3.02. The van der Waals surface area contributed by atoms with E-state index in [1.54, 1.807) is 19.1 Å². The molecule has 1 amide bonds. The Bertz CT molecular complexity index is 1040. The van der Waals surface area contributed by atoms with Crippen LogP contribution in [0, 0.1) is 12.7 Å². The summed E-state index contributed by atoms with van der Waals surface area (Å²) in [5.74, 6) is -1.43. The number of carbonyl (C=O) groups is 1. The van der Waals surface area contributed by atoms with E-state index in [0.29, 0.717) is 56.5 Å². The van der Waals surface area contributed by atoms with Gasteiger partial charge in [-0.25, -0.2) is 9.37 Å². The first kappa shape index (κ1) is 24.6. The van der Waals surface area contributed by atoms with Crippen molar-refractivity contribution in [2.24, 2.45) is 7.05 Å². The van der Waals surface area contributed by atoms with E-state index in [1.165, 1.54) is 17.7 Å². The van der Waals surface area contributed by atoms with Crippen molar-refractivity contribution in [1.29, 1.82) is 0 Å². The van der Waals surface area contributed by atoms with E-state index in [0.717, 1.165) is 6.54 Å². The van der Waals surface area contributed by atoms with Crippen molar-refractivity contribution in [2.75, 3.05) is 57.4 Å². The van der Waals surface area contributed by atoms with Gasteiger partial charge in [0.1, 0.15) is 5.82 Å². The van der Waals surface area contributed by atoms with Gasteiger partial charge in [-0.1, -0.05) is 12.1 Å². The normalized spacial score (nSPS) is 14.5. The zero-order chi connectivity index (χ0) is 24.0. The molecule has 1 aliphatic rings. The minimum Gasteiger partial charge on any atom is -0.501 e. The first-order valence-corrected chi connectivity index (χ1v) is 10.8. The summed E-state index contributed by atoms with van der Waals surface area (Å²) in [6.07, 6.45) is 0. The fraction of sp³-hybridized carbons (Fsp3) is 0.500. The van der Waals surface area contributed by atoms with Crippen LogP contribution in [0.2, 0.25) is 0 Å². The van der Waals surface area contributed by atoms with E-state index >= 15 is 0 Å². The van der Waals surface area contributed by atoms with Crippen LogP contribution in [0.1, 0.15) is 21.6 Å². The summed E-state index contributed by atoms with van der Waals surface area (Å²) in [4.78, 5) is 33.7. The van der Waals surface area contributed by atoms with Gasteiger partial charge in [-0.15, -0.1) is 0 Å². The summed E-state index contributed by atoms with van der Waals surface area (Å²) in [6, 6.07) is 4.49. The Balaban J connectivity index is 1.68. The van der Waals surface area contributed by atoms with Gasteiger partial charge in [0.05, 0.1) is 19.8 Å². The van der Waals surface area contributed by atoms with Gasteiger partial charge in [-0.3, -0.25) is 19.1 Å². The molecule has 0 unspecified atom stereocenters. The van der Waals surface area contributed by atoms with Crippen LogP contribution in [0.4, 0.5) is 10.3 Å². The van der Waals surface area contributed by atoms with Crippen molar-refractivity contribution in [3.8, 4) is 5.75 Å². The molecule has 180 valence electrons. The number of nitrogens with zero attached hydrogens (tertiary/aromatic N) is 4. The van der Waals surface area contributed by atoms with Gasteiger partial charge < -0.3 is 25.2 Å². The molecule has 10 nitrogen and oxygen atoms in total. The standard InChI is InChI=1S/C22H30FN5O5/c1-15-13-16(3-4-17(15)23)14-24-20(31)18-19(30)21(32)26(2)22(25-18)28-7-5-27(6-8-28)9-11-33-12-10-29/h3-4,13,29-30H,5-12,14H2,1-2H3,(H,24,31). The average Bonchev–Trinajstić information content (AvgIpc) is 2.81. The first-order valence-electron chi connectivity index (χ1n) is 10.8. The van der Waals surface area contributed by atoms with Crippen molar-refractivity contribution in [3.63, 3.8) is 0 Å². The number of ether oxygens (including phenoxy) is 1. The highest BCUT2D eigenvalue weighted by Crippen LogP contribution is 2.17. The maximum atomic E-state index is 13.4. The third-order valence-electron chi connectivity index (χ3n) is 5.58. The molecule has 3 rings (SSSR count). The molecular weight excluding hydrogens is 433 g/mol. The Morgan fingerprint density at radius 1 is 1.24 bits per heavy atom. The van der Waals surface area contributed by atoms with E-state index < -0.39 is 17.2 Å². The lowest BCUT2D eigenvalue weighted by Crippen LogP contribution is -2.49. The van der Waals surface area contributed by atoms with E-state index in [4.69, 9.17) is 9.84 Å². The molecule has 0 aliphatic carbocycles. The molecule has 2 aromatic rings. The number of benzene rings is 1. The van der Waals surface area contributed by atoms with Crippen LogP contribution in [-0.2, 0) is 18.3 Å². The number of aromatic nitrogens is 2. The van der Waals surface area contributed by atoms with E-state index in [1.807, 2.05) is 4.90 Å². The molecule has 3 N–H and O–H groups in total. The number of rotatable bonds is 9. The number of nitrogens with one attached hydrogen (secondary N) is 1. The van der Waals surface area contributed by atoms with Gasteiger partial charge in [-0.05, 0) is 24.1 Å². The van der Waals surface area contributed by atoms with Crippen molar-refractivity contribution in [2.45, 2.75) is 13.5 Å². The van der Waals surface area contributed by atoms with Gasteiger partial charge in [0.25, 0.3) is 11.5 Å². The van der Waals surface area contributed by atoms with Crippen LogP contribution in [0.3, 0.4) is 0 Å². The number of anilines is 1. The molecule has 1 fully saturated rings. The highest BCUT2D eigenvalue weighted by molar-refractivity contribution is 5.95. The molecular formula is C22H30FN5O5. The van der Waals surface area contributed by atoms with Crippen LogP contribution >= 0.6 is 0 Å². The Morgan fingerprint density at radius 2 is 1.97 bits per heavy atom. The number of aryl methyl sites for hydroxylation is 1. The summed E-state index contributed by atoms with van der Waals surface area (Å²) < 4.78 is 20.0. The van der Waals surface area contributed by atoms with Gasteiger partial charge >= 0.3 is 0 Å². The monoisotopic (exact) mass is 463 g/mol. The van der Waals surface area contributed by atoms with Crippen LogP contribution in [-0.4, -0.2) is 83.1 Å². The molecule has 33 heavy (non-hydrogen) atoms. The SMILES string of the molecule is Cc1cc(CNC(=O)c2nc(N3CCN(CCOCCO)CC3)n(C)c(=O)c2O)ccc1F. The number of aromatic hydroxyl groups is 1. The zero-order valence-electron chi connectivity index (χ0n) is 18.9. The number of aliphatic hydroxyl groups is 1. The largest absolute Gasteiger partial charge is 0.501 e. The number of piperazine rings is 1. The lowest BCUT2D eigenvalue weighted by Gasteiger charge is -2.35. The van der Waals surface area contributed by atoms with Gasteiger partial charge in [-0.2, -0.15) is 0 Å². The summed E-state index contributed by atoms with van der Waals surface area (Å²) >= 11 is 0. The molecule has 1 aromatic carbocycles. The fourth-order valence-electron chi connectivity index (χ4n) is 3.63. The summed E-state index contributed by atoms with van der Waals surface area (Å²) in [5, 5.41) is 21.7. The quantitative estimate of drug-likeness (QED) is 0.445. The lowest BCUT2D eigenvalue weighted by atomic mass is 10.1. The topological polar surface area (TPSA) is 120 Å². The van der Waals surface area contributed by atoms with Crippen LogP contribution in [0.5, 0.6) is 5.75 Å². The number of aliphatic hydroxyl groups excluding tert-OH is 1. The summed E-state index contributed by atoms with van der Waals surface area (Å²) in [5.41, 5.74) is 0.0944. The molecule has 1 aromatic heterocycles. The van der Waals surface area contributed by atoms with Gasteiger partial charge in [0.15, 0.2) is 5.69 Å². The second-order valence-electron chi connectivity index (χ2n) is 7.90. The van der Waals surface area contributed by atoms with Crippen LogP contribution < -0.4 is 15.8 Å². The minimum atomic E-state index is -0.714. The Labute approximate surface area is 191 Å². The van der Waals surface area contributed by atoms with Gasteiger partial charge in [0.2, 0.25) is 11.7 Å². The van der Waals surface area contributed by atoms with Crippen LogP contribution in [0.25, 0.3) is 0 Å². The molecule has 0 bridgehead atoms. The van der Waals surface area contributed by atoms with Crippen molar-refractivity contribution in [1.82, 2.24) is 19.8 Å². The molecule has 11 heteroatoms. The maximum Gasteiger partial charge on any atom is 0.297 e. The summed E-state index contributed by atoms with van der Waals surface area (Å²) in [6.45, 7) is 5.88. The molecule has 0 saturated carbocycles. The third kappa shape index (κ3) is 6.06. The predicted octanol–water partition coefficient (Wildman–Crippen LogP) is -0.00568. The molecule has 2 heterocycles. The number of halogens is 1. The number of amides is 1. The van der Waals surface area contributed by atoms with E-state index in [2.05, 4.69) is 15.2 Å². The number of carbonyl (C=O) groups excluding carboxylic acids is 1. The molecule has 0 spiro atoms. The zero-order valence-corrected chi connectivity index (χ0v) is 18.9. The second-order valence-corrected chi connectivity index (χ2v) is 7.90. The Morgan fingerprint density at radius 3 is 2.64 bits per heavy atom. The fourth-order valence-corrected chi connectivity index (χ4v) is 3.63. The maximum absolute atomic E-state index is 13.4. The number of hydrogen-bond donors (Lipinski definition) is 3. The Kier molecular flexibility index (Phi) is 8.37. The highest BCUT2D eigenvalue weighted by Gasteiger charge is 2.25. The van der Waals surface area contributed by atoms with Crippen molar-refractivity contribution < 1.29 is 24.1 Å². The smallest absolute Gasteiger partial charge is 0.297 e. The summed E-state index contributed by atoms with van der Waals surface area (Å²) in [7, 11) is 1.50. The lowest BCUT2D eigenvalue weighted by molar-refractivity contribution is 0.0723. The second kappa shape index (κ2) is 11.2. The molecule has 1 aliphatic heterocycles. The van der Waals surface area contributed by atoms with Gasteiger partial charge in [0, 0.05) is 46.3 Å². The molecule has 0 atom stereocenters. The average molecular weight is 464 g/mol.